The second-order valence-corrected chi connectivity index (χ2v) is 12.3. The number of methoxy groups -OCH3 is 2. The topological polar surface area (TPSA) is 114 Å². The molecule has 3 N–H and O–H groups in total. The molecule has 2 aliphatic rings. The van der Waals surface area contributed by atoms with Crippen LogP contribution in [0.25, 0.3) is 0 Å². The van der Waals surface area contributed by atoms with Crippen LogP contribution < -0.4 is 11.1 Å². The molecule has 0 aromatic heterocycles. The molecule has 1 fully saturated rings. The molecule has 0 aromatic carbocycles. The summed E-state index contributed by atoms with van der Waals surface area (Å²) in [6.45, 7) is 11.2. The standard InChI is InChI=1S/C33H56N4O5/c1-9-23(4)30(36(6)29(22(2)3)32(34)39)27(41-7)21-28(38)37-20-14-17-26(37)31(42-8)24(5)33(40)35-19-18-25-15-12-10-11-13-16-25/h10-13,15-16,22-27,29-31H,9,14,17-21H2,1-8H3,(H2,34,39)(H,35,40)/t23-,24+,26-,27+,29-,30-,31+/m0/s1. The van der Waals surface area contributed by atoms with Gasteiger partial charge in [-0.1, -0.05) is 77.5 Å². The summed E-state index contributed by atoms with van der Waals surface area (Å²) >= 11 is 0. The summed E-state index contributed by atoms with van der Waals surface area (Å²) in [5, 5.41) is 3.07. The minimum Gasteiger partial charge on any atom is -0.379 e. The van der Waals surface area contributed by atoms with Gasteiger partial charge in [-0.3, -0.25) is 19.3 Å². The van der Waals surface area contributed by atoms with E-state index < -0.39 is 24.2 Å². The average Bonchev–Trinajstić information content (AvgIpc) is 3.28. The summed E-state index contributed by atoms with van der Waals surface area (Å²) < 4.78 is 11.8. The summed E-state index contributed by atoms with van der Waals surface area (Å²) in [4.78, 5) is 43.3. The lowest BCUT2D eigenvalue weighted by Gasteiger charge is -2.42. The molecule has 2 rings (SSSR count). The van der Waals surface area contributed by atoms with Gasteiger partial charge in [0.05, 0.1) is 36.6 Å². The smallest absolute Gasteiger partial charge is 0.235 e. The van der Waals surface area contributed by atoms with Crippen molar-refractivity contribution in [1.82, 2.24) is 15.1 Å². The van der Waals surface area contributed by atoms with Gasteiger partial charge in [-0.15, -0.1) is 0 Å². The first-order valence-corrected chi connectivity index (χ1v) is 15.6. The number of likely N-dealkylation sites (N-methyl/N-ethyl adjacent to an activating group) is 1. The van der Waals surface area contributed by atoms with E-state index in [1.807, 2.05) is 61.9 Å². The van der Waals surface area contributed by atoms with Crippen molar-refractivity contribution in [3.63, 3.8) is 0 Å². The van der Waals surface area contributed by atoms with Gasteiger partial charge < -0.3 is 25.4 Å². The van der Waals surface area contributed by atoms with Gasteiger partial charge >= 0.3 is 0 Å². The Morgan fingerprint density at radius 3 is 2.21 bits per heavy atom. The van der Waals surface area contributed by atoms with Crippen LogP contribution in [0.3, 0.4) is 0 Å². The third-order valence-electron chi connectivity index (χ3n) is 9.12. The van der Waals surface area contributed by atoms with Crippen molar-refractivity contribution in [2.24, 2.45) is 29.4 Å². The van der Waals surface area contributed by atoms with Gasteiger partial charge in [0.1, 0.15) is 0 Å². The molecule has 9 heteroatoms. The molecule has 0 spiro atoms. The Kier molecular flexibility index (Phi) is 14.9. The molecule has 3 amide bonds. The number of allylic oxidation sites excluding steroid dienone is 6. The number of carbonyl (C=O) groups excluding carboxylic acids is 3. The van der Waals surface area contributed by atoms with Crippen LogP contribution in [0, 0.1) is 23.7 Å². The van der Waals surface area contributed by atoms with Gasteiger partial charge in [-0.2, -0.15) is 0 Å². The molecule has 0 unspecified atom stereocenters. The SMILES string of the molecule is CC[C@H](C)[C@@H]([C@@H](CC(=O)N1CCC[C@H]1[C@H](OC)[C@@H](C)C(=O)NCCC1C=CC=CC=C1)OC)N(C)[C@H](C(N)=O)C(C)C. The van der Waals surface area contributed by atoms with Gasteiger partial charge in [-0.05, 0) is 44.1 Å². The summed E-state index contributed by atoms with van der Waals surface area (Å²) in [5.41, 5.74) is 5.80. The van der Waals surface area contributed by atoms with Crippen LogP contribution in [0.15, 0.2) is 36.5 Å². The van der Waals surface area contributed by atoms with Crippen LogP contribution >= 0.6 is 0 Å². The van der Waals surface area contributed by atoms with Crippen LogP contribution in [0.2, 0.25) is 0 Å². The highest BCUT2D eigenvalue weighted by Gasteiger charge is 2.42. The molecule has 0 saturated carbocycles. The van der Waals surface area contributed by atoms with Crippen LogP contribution in [-0.2, 0) is 23.9 Å². The molecular weight excluding hydrogens is 532 g/mol. The molecule has 0 aromatic rings. The maximum atomic E-state index is 13.9. The molecule has 7 atom stereocenters. The maximum absolute atomic E-state index is 13.9. The fraction of sp³-hybridized carbons (Fsp3) is 0.727. The number of hydrogen-bond acceptors (Lipinski definition) is 6. The molecule has 0 bridgehead atoms. The number of nitrogens with two attached hydrogens (primary N) is 1. The monoisotopic (exact) mass is 588 g/mol. The Bertz CT molecular complexity index is 948. The summed E-state index contributed by atoms with van der Waals surface area (Å²) in [7, 11) is 5.14. The van der Waals surface area contributed by atoms with Crippen molar-refractivity contribution < 1.29 is 23.9 Å². The van der Waals surface area contributed by atoms with E-state index in [0.717, 1.165) is 25.7 Å². The summed E-state index contributed by atoms with van der Waals surface area (Å²) in [6, 6.07) is -0.852. The fourth-order valence-electron chi connectivity index (χ4n) is 6.70. The van der Waals surface area contributed by atoms with Gasteiger partial charge in [-0.25, -0.2) is 0 Å². The number of nitrogens with zero attached hydrogens (tertiary/aromatic N) is 2. The van der Waals surface area contributed by atoms with E-state index in [-0.39, 0.29) is 54.0 Å². The zero-order valence-electron chi connectivity index (χ0n) is 27.1. The van der Waals surface area contributed by atoms with Crippen molar-refractivity contribution in [3.05, 3.63) is 36.5 Å². The van der Waals surface area contributed by atoms with E-state index in [1.54, 1.807) is 14.2 Å². The Hall–Kier alpha value is -2.49. The molecule has 1 aliphatic heterocycles. The predicted octanol–water partition coefficient (Wildman–Crippen LogP) is 3.69. The number of ether oxygens (including phenoxy) is 2. The van der Waals surface area contributed by atoms with E-state index >= 15 is 0 Å². The van der Waals surface area contributed by atoms with Crippen LogP contribution in [0.1, 0.15) is 66.7 Å². The maximum Gasteiger partial charge on any atom is 0.235 e. The lowest BCUT2D eigenvalue weighted by Crippen LogP contribution is -2.57. The summed E-state index contributed by atoms with van der Waals surface area (Å²) in [5.74, 6) is -0.434. The van der Waals surface area contributed by atoms with Crippen molar-refractivity contribution in [1.29, 1.82) is 0 Å². The molecule has 238 valence electrons. The van der Waals surface area contributed by atoms with Crippen molar-refractivity contribution in [2.75, 3.05) is 34.4 Å². The van der Waals surface area contributed by atoms with Crippen molar-refractivity contribution >= 4 is 17.7 Å². The average molecular weight is 589 g/mol. The van der Waals surface area contributed by atoms with E-state index in [4.69, 9.17) is 15.2 Å². The first-order chi connectivity index (χ1) is 20.0. The van der Waals surface area contributed by atoms with Gasteiger partial charge in [0.25, 0.3) is 0 Å². The highest BCUT2D eigenvalue weighted by molar-refractivity contribution is 5.81. The minimum atomic E-state index is -0.472. The van der Waals surface area contributed by atoms with Gasteiger partial charge in [0, 0.05) is 33.4 Å². The number of primary amides is 1. The number of nitrogens with one attached hydrogen (secondary N) is 1. The molecule has 1 aliphatic carbocycles. The largest absolute Gasteiger partial charge is 0.379 e. The van der Waals surface area contributed by atoms with Gasteiger partial charge in [0.15, 0.2) is 0 Å². The third-order valence-corrected chi connectivity index (χ3v) is 9.12. The number of carbonyl (C=O) groups is 3. The zero-order valence-corrected chi connectivity index (χ0v) is 27.1. The molecule has 42 heavy (non-hydrogen) atoms. The number of amides is 3. The van der Waals surface area contributed by atoms with E-state index in [2.05, 4.69) is 31.3 Å². The normalized spacial score (nSPS) is 21.7. The van der Waals surface area contributed by atoms with Crippen molar-refractivity contribution in [3.8, 4) is 0 Å². The highest BCUT2D eigenvalue weighted by atomic mass is 16.5. The number of likely N-dealkylation sites (tertiary alicyclic amines) is 1. The Morgan fingerprint density at radius 1 is 1.05 bits per heavy atom. The molecule has 1 saturated heterocycles. The molecule has 1 heterocycles. The minimum absolute atomic E-state index is 0.0161. The van der Waals surface area contributed by atoms with E-state index in [9.17, 15) is 14.4 Å². The second kappa shape index (κ2) is 17.6. The van der Waals surface area contributed by atoms with Crippen LogP contribution in [0.4, 0.5) is 0 Å². The molecule has 0 radical (unpaired) electrons. The van der Waals surface area contributed by atoms with E-state index in [0.29, 0.717) is 13.1 Å². The Morgan fingerprint density at radius 2 is 1.69 bits per heavy atom. The van der Waals surface area contributed by atoms with E-state index in [1.165, 1.54) is 0 Å². The first kappa shape index (κ1) is 35.7. The Labute approximate surface area is 253 Å². The highest BCUT2D eigenvalue weighted by Crippen LogP contribution is 2.30. The van der Waals surface area contributed by atoms with Crippen LogP contribution in [0.5, 0.6) is 0 Å². The number of hydrogen-bond donors (Lipinski definition) is 2. The van der Waals surface area contributed by atoms with Crippen molar-refractivity contribution in [2.45, 2.75) is 97.1 Å². The van der Waals surface area contributed by atoms with Gasteiger partial charge in [0.2, 0.25) is 17.7 Å². The lowest BCUT2D eigenvalue weighted by atomic mass is 9.88. The quantitative estimate of drug-likeness (QED) is 0.268. The second-order valence-electron chi connectivity index (χ2n) is 12.3. The lowest BCUT2D eigenvalue weighted by molar-refractivity contribution is -0.143. The first-order valence-electron chi connectivity index (χ1n) is 15.6. The fourth-order valence-corrected chi connectivity index (χ4v) is 6.70. The molecular formula is C33H56N4O5. The van der Waals surface area contributed by atoms with Crippen LogP contribution in [-0.4, -0.2) is 92.2 Å². The Balaban J connectivity index is 2.12. The zero-order chi connectivity index (χ0) is 31.4. The number of rotatable bonds is 17. The molecule has 9 nitrogen and oxygen atoms in total. The predicted molar refractivity (Wildman–Crippen MR) is 167 cm³/mol. The summed E-state index contributed by atoms with van der Waals surface area (Å²) in [6.07, 6.45) is 14.9. The third kappa shape index (κ3) is 9.51.